The third kappa shape index (κ3) is 2.62. The lowest BCUT2D eigenvalue weighted by molar-refractivity contribution is 0.120. The molecule has 0 N–H and O–H groups in total. The van der Waals surface area contributed by atoms with Gasteiger partial charge in [-0.25, -0.2) is 9.97 Å². The summed E-state index contributed by atoms with van der Waals surface area (Å²) in [5.41, 5.74) is 0.715. The smallest absolute Gasteiger partial charge is 0.162 e. The van der Waals surface area contributed by atoms with Gasteiger partial charge in [-0.05, 0) is 6.42 Å². The standard InChI is InChI=1S/C11H13ClN4O/c1-3-4-5-17-7-9-14-10(12)8-6-13-16(2)11(8)15-9/h3,6H,1,4-5,7H2,2H3. The minimum atomic E-state index is 0.342. The van der Waals surface area contributed by atoms with Gasteiger partial charge in [0.2, 0.25) is 0 Å². The Bertz CT molecular complexity index is 537. The number of hydrogen-bond acceptors (Lipinski definition) is 4. The van der Waals surface area contributed by atoms with E-state index in [-0.39, 0.29) is 0 Å². The number of hydrogen-bond donors (Lipinski definition) is 0. The fourth-order valence-electron chi connectivity index (χ4n) is 1.42. The van der Waals surface area contributed by atoms with Crippen LogP contribution < -0.4 is 0 Å². The molecule has 0 aromatic carbocycles. The Kier molecular flexibility index (Phi) is 3.71. The van der Waals surface area contributed by atoms with Crippen LogP contribution in [0.4, 0.5) is 0 Å². The lowest BCUT2D eigenvalue weighted by Crippen LogP contribution is -2.02. The topological polar surface area (TPSA) is 52.8 Å². The van der Waals surface area contributed by atoms with Crippen LogP contribution in [0.25, 0.3) is 11.0 Å². The molecule has 2 rings (SSSR count). The molecule has 2 heterocycles. The Morgan fingerprint density at radius 1 is 1.53 bits per heavy atom. The monoisotopic (exact) mass is 252 g/mol. The van der Waals surface area contributed by atoms with Gasteiger partial charge in [-0.1, -0.05) is 17.7 Å². The van der Waals surface area contributed by atoms with Crippen molar-refractivity contribution in [2.24, 2.45) is 7.05 Å². The van der Waals surface area contributed by atoms with E-state index >= 15 is 0 Å². The molecule has 0 amide bonds. The first kappa shape index (κ1) is 12.0. The summed E-state index contributed by atoms with van der Waals surface area (Å²) >= 11 is 6.04. The maximum absolute atomic E-state index is 6.04. The maximum Gasteiger partial charge on any atom is 0.162 e. The van der Waals surface area contributed by atoms with Crippen molar-refractivity contribution in [3.05, 3.63) is 29.8 Å². The van der Waals surface area contributed by atoms with E-state index in [9.17, 15) is 0 Å². The summed E-state index contributed by atoms with van der Waals surface area (Å²) in [6.45, 7) is 4.57. The molecule has 0 spiro atoms. The molecule has 0 fully saturated rings. The predicted octanol–water partition coefficient (Wildman–Crippen LogP) is 2.11. The zero-order valence-electron chi connectivity index (χ0n) is 9.56. The van der Waals surface area contributed by atoms with Gasteiger partial charge in [-0.2, -0.15) is 5.10 Å². The van der Waals surface area contributed by atoms with Crippen molar-refractivity contribution < 1.29 is 4.74 Å². The molecule has 0 saturated carbocycles. The van der Waals surface area contributed by atoms with Crippen LogP contribution in [0.5, 0.6) is 0 Å². The van der Waals surface area contributed by atoms with Crippen molar-refractivity contribution in [2.45, 2.75) is 13.0 Å². The molecule has 6 heteroatoms. The van der Waals surface area contributed by atoms with E-state index in [1.807, 2.05) is 7.05 Å². The molecule has 17 heavy (non-hydrogen) atoms. The molecular weight excluding hydrogens is 240 g/mol. The lowest BCUT2D eigenvalue weighted by Gasteiger charge is -2.03. The van der Waals surface area contributed by atoms with Crippen LogP contribution in [0.15, 0.2) is 18.9 Å². The van der Waals surface area contributed by atoms with Crippen molar-refractivity contribution in [1.29, 1.82) is 0 Å². The second-order valence-electron chi connectivity index (χ2n) is 3.57. The molecule has 0 aliphatic rings. The van der Waals surface area contributed by atoms with Crippen LogP contribution in [0.2, 0.25) is 5.15 Å². The summed E-state index contributed by atoms with van der Waals surface area (Å²) in [5, 5.41) is 5.24. The number of nitrogens with zero attached hydrogens (tertiary/aromatic N) is 4. The number of aryl methyl sites for hydroxylation is 1. The van der Waals surface area contributed by atoms with Gasteiger partial charge in [0.05, 0.1) is 18.2 Å². The number of fused-ring (bicyclic) bond motifs is 1. The fourth-order valence-corrected chi connectivity index (χ4v) is 1.66. The predicted molar refractivity (Wildman–Crippen MR) is 65.8 cm³/mol. The quantitative estimate of drug-likeness (QED) is 0.465. The van der Waals surface area contributed by atoms with Crippen LogP contribution in [-0.2, 0) is 18.4 Å². The molecule has 0 aliphatic heterocycles. The first-order valence-electron chi connectivity index (χ1n) is 5.25. The van der Waals surface area contributed by atoms with Crippen LogP contribution in [0.3, 0.4) is 0 Å². The average Bonchev–Trinajstić information content (AvgIpc) is 2.68. The number of ether oxygens (including phenoxy) is 1. The summed E-state index contributed by atoms with van der Waals surface area (Å²) in [4.78, 5) is 8.51. The zero-order chi connectivity index (χ0) is 12.3. The van der Waals surface area contributed by atoms with Gasteiger partial charge < -0.3 is 4.74 Å². The van der Waals surface area contributed by atoms with Crippen molar-refractivity contribution >= 4 is 22.6 Å². The van der Waals surface area contributed by atoms with E-state index in [4.69, 9.17) is 16.3 Å². The third-order valence-corrected chi connectivity index (χ3v) is 2.58. The SMILES string of the molecule is C=CCCOCc1nc(Cl)c2cnn(C)c2n1. The average molecular weight is 253 g/mol. The first-order valence-corrected chi connectivity index (χ1v) is 5.63. The number of halogens is 1. The molecule has 0 saturated heterocycles. The second kappa shape index (κ2) is 5.25. The molecule has 5 nitrogen and oxygen atoms in total. The van der Waals surface area contributed by atoms with Crippen molar-refractivity contribution in [3.63, 3.8) is 0 Å². The molecule has 2 aromatic heterocycles. The summed E-state index contributed by atoms with van der Waals surface area (Å²) in [5.74, 6) is 0.565. The van der Waals surface area contributed by atoms with E-state index in [2.05, 4.69) is 21.6 Å². The second-order valence-corrected chi connectivity index (χ2v) is 3.92. The normalized spacial score (nSPS) is 10.9. The van der Waals surface area contributed by atoms with Crippen LogP contribution in [0, 0.1) is 0 Å². The van der Waals surface area contributed by atoms with E-state index in [1.165, 1.54) is 0 Å². The molecule has 0 unspecified atom stereocenters. The molecule has 0 atom stereocenters. The van der Waals surface area contributed by atoms with Gasteiger partial charge >= 0.3 is 0 Å². The van der Waals surface area contributed by atoms with Gasteiger partial charge in [0.1, 0.15) is 11.8 Å². The van der Waals surface area contributed by atoms with Crippen molar-refractivity contribution in [1.82, 2.24) is 19.7 Å². The van der Waals surface area contributed by atoms with Crippen LogP contribution in [-0.4, -0.2) is 26.4 Å². The van der Waals surface area contributed by atoms with Gasteiger partial charge in [0.15, 0.2) is 11.5 Å². The van der Waals surface area contributed by atoms with Crippen molar-refractivity contribution in [3.8, 4) is 0 Å². The van der Waals surface area contributed by atoms with Gasteiger partial charge in [-0.3, -0.25) is 4.68 Å². The Morgan fingerprint density at radius 2 is 2.35 bits per heavy atom. The Hall–Kier alpha value is -1.46. The van der Waals surface area contributed by atoms with E-state index in [0.29, 0.717) is 29.8 Å². The van der Waals surface area contributed by atoms with Gasteiger partial charge in [-0.15, -0.1) is 6.58 Å². The lowest BCUT2D eigenvalue weighted by atomic mass is 10.4. The highest BCUT2D eigenvalue weighted by Crippen LogP contribution is 2.19. The highest BCUT2D eigenvalue weighted by molar-refractivity contribution is 6.33. The van der Waals surface area contributed by atoms with E-state index < -0.39 is 0 Å². The zero-order valence-corrected chi connectivity index (χ0v) is 10.3. The van der Waals surface area contributed by atoms with Crippen LogP contribution in [0.1, 0.15) is 12.2 Å². The minimum Gasteiger partial charge on any atom is -0.373 e. The molecule has 0 radical (unpaired) electrons. The third-order valence-electron chi connectivity index (χ3n) is 2.29. The van der Waals surface area contributed by atoms with E-state index in [0.717, 1.165) is 11.8 Å². The first-order chi connectivity index (χ1) is 8.22. The van der Waals surface area contributed by atoms with Gasteiger partial charge in [0.25, 0.3) is 0 Å². The summed E-state index contributed by atoms with van der Waals surface area (Å²) in [6.07, 6.45) is 4.26. The maximum atomic E-state index is 6.04. The fraction of sp³-hybridized carbons (Fsp3) is 0.364. The Morgan fingerprint density at radius 3 is 3.12 bits per heavy atom. The minimum absolute atomic E-state index is 0.342. The van der Waals surface area contributed by atoms with E-state index in [1.54, 1.807) is 17.0 Å². The molecule has 0 bridgehead atoms. The summed E-state index contributed by atoms with van der Waals surface area (Å²) in [7, 11) is 1.81. The molecule has 0 aliphatic carbocycles. The summed E-state index contributed by atoms with van der Waals surface area (Å²) in [6, 6.07) is 0. The summed E-state index contributed by atoms with van der Waals surface area (Å²) < 4.78 is 7.06. The largest absolute Gasteiger partial charge is 0.373 e. The van der Waals surface area contributed by atoms with Gasteiger partial charge in [0, 0.05) is 7.05 Å². The molecular formula is C11H13ClN4O. The Labute approximate surface area is 104 Å². The Balaban J connectivity index is 2.17. The van der Waals surface area contributed by atoms with Crippen LogP contribution >= 0.6 is 11.6 Å². The molecule has 2 aromatic rings. The highest BCUT2D eigenvalue weighted by atomic mass is 35.5. The van der Waals surface area contributed by atoms with Crippen molar-refractivity contribution in [2.75, 3.05) is 6.61 Å². The highest BCUT2D eigenvalue weighted by Gasteiger charge is 2.09. The number of rotatable bonds is 5. The molecule has 90 valence electrons. The number of aromatic nitrogens is 4.